The molecular weight excluding hydrogens is 461 g/mol. The molecule has 1 atom stereocenters. The minimum absolute atomic E-state index is 0.163. The highest BCUT2D eigenvalue weighted by atomic mass is 35.5. The van der Waals surface area contributed by atoms with E-state index in [-0.39, 0.29) is 12.3 Å². The molecule has 162 valence electrons. The summed E-state index contributed by atoms with van der Waals surface area (Å²) in [6, 6.07) is 19.9. The fourth-order valence-corrected chi connectivity index (χ4v) is 5.16. The predicted octanol–water partition coefficient (Wildman–Crippen LogP) is 6.65. The Kier molecular flexibility index (Phi) is 7.36. The number of nitrogens with zero attached hydrogens (tertiary/aromatic N) is 2. The number of thioether (sulfide) groups is 1. The predicted molar refractivity (Wildman–Crippen MR) is 131 cm³/mol. The largest absolute Gasteiger partial charge is 0.325 e. The number of aromatic nitrogens is 1. The molecule has 4 nitrogen and oxygen atoms in total. The van der Waals surface area contributed by atoms with Gasteiger partial charge in [0.1, 0.15) is 11.1 Å². The number of benzene rings is 2. The van der Waals surface area contributed by atoms with Gasteiger partial charge < -0.3 is 5.32 Å². The lowest BCUT2D eigenvalue weighted by molar-refractivity contribution is -0.115. The van der Waals surface area contributed by atoms with E-state index in [0.29, 0.717) is 38.0 Å². The Labute approximate surface area is 202 Å². The van der Waals surface area contributed by atoms with E-state index in [0.717, 1.165) is 30.5 Å². The summed E-state index contributed by atoms with van der Waals surface area (Å²) in [5.74, 6) is 0.804. The molecule has 1 amide bonds. The number of amides is 1. The Hall–Kier alpha value is -2.52. The Balaban J connectivity index is 1.39. The molecule has 0 fully saturated rings. The number of halogens is 2. The van der Waals surface area contributed by atoms with Crippen molar-refractivity contribution in [3.05, 3.63) is 87.0 Å². The second-order valence-electron chi connectivity index (χ2n) is 7.66. The number of hydrogen-bond acceptors (Lipinski definition) is 4. The van der Waals surface area contributed by atoms with E-state index in [9.17, 15) is 10.1 Å². The molecule has 0 saturated heterocycles. The van der Waals surface area contributed by atoms with Crippen LogP contribution in [0.5, 0.6) is 0 Å². The van der Waals surface area contributed by atoms with Gasteiger partial charge in [0.15, 0.2) is 0 Å². The normalized spacial score (nSPS) is 15.0. The SMILES string of the molecule is N#Cc1cc2c(nc1SCCC(=O)Nc1cccc(Cl)c1Cl)CCC(c1ccccc1)C2. The van der Waals surface area contributed by atoms with E-state index < -0.39 is 0 Å². The van der Waals surface area contributed by atoms with Gasteiger partial charge in [0.2, 0.25) is 5.91 Å². The highest BCUT2D eigenvalue weighted by Crippen LogP contribution is 2.34. The lowest BCUT2D eigenvalue weighted by Gasteiger charge is -2.25. The number of anilines is 1. The summed E-state index contributed by atoms with van der Waals surface area (Å²) < 4.78 is 0. The first kappa shape index (κ1) is 22.7. The summed E-state index contributed by atoms with van der Waals surface area (Å²) in [7, 11) is 0. The van der Waals surface area contributed by atoms with Crippen LogP contribution in [0.15, 0.2) is 59.6 Å². The molecule has 3 aromatic rings. The number of nitriles is 1. The molecule has 1 N–H and O–H groups in total. The molecule has 1 aliphatic carbocycles. The molecule has 32 heavy (non-hydrogen) atoms. The van der Waals surface area contributed by atoms with Gasteiger partial charge in [0.25, 0.3) is 0 Å². The molecule has 0 saturated carbocycles. The quantitative estimate of drug-likeness (QED) is 0.400. The number of aryl methyl sites for hydroxylation is 1. The zero-order valence-electron chi connectivity index (χ0n) is 17.3. The maximum Gasteiger partial charge on any atom is 0.225 e. The number of carbonyl (C=O) groups is 1. The van der Waals surface area contributed by atoms with Crippen molar-refractivity contribution in [3.8, 4) is 6.07 Å². The van der Waals surface area contributed by atoms with Crippen LogP contribution in [0.4, 0.5) is 5.69 Å². The Morgan fingerprint density at radius 2 is 2.00 bits per heavy atom. The second kappa shape index (κ2) is 10.4. The molecule has 4 rings (SSSR count). The highest BCUT2D eigenvalue weighted by molar-refractivity contribution is 7.99. The van der Waals surface area contributed by atoms with E-state index in [1.165, 1.54) is 17.3 Å². The summed E-state index contributed by atoms with van der Waals surface area (Å²) in [4.78, 5) is 17.1. The second-order valence-corrected chi connectivity index (χ2v) is 9.53. The monoisotopic (exact) mass is 481 g/mol. The summed E-state index contributed by atoms with van der Waals surface area (Å²) in [5, 5.41) is 13.8. The average molecular weight is 482 g/mol. The van der Waals surface area contributed by atoms with Crippen LogP contribution in [-0.2, 0) is 17.6 Å². The van der Waals surface area contributed by atoms with Gasteiger partial charge in [-0.2, -0.15) is 5.26 Å². The first-order valence-corrected chi connectivity index (χ1v) is 12.1. The molecule has 1 aromatic heterocycles. The van der Waals surface area contributed by atoms with Gasteiger partial charge in [-0.25, -0.2) is 4.98 Å². The minimum Gasteiger partial charge on any atom is -0.325 e. The van der Waals surface area contributed by atoms with E-state index in [1.807, 2.05) is 12.1 Å². The number of fused-ring (bicyclic) bond motifs is 1. The maximum atomic E-state index is 12.3. The minimum atomic E-state index is -0.163. The molecule has 1 unspecified atom stereocenters. The van der Waals surface area contributed by atoms with Gasteiger partial charge in [0, 0.05) is 17.9 Å². The Morgan fingerprint density at radius 3 is 2.78 bits per heavy atom. The number of carbonyl (C=O) groups excluding carboxylic acids is 1. The van der Waals surface area contributed by atoms with E-state index in [4.69, 9.17) is 28.2 Å². The topological polar surface area (TPSA) is 65.8 Å². The third-order valence-corrected chi connectivity index (χ3v) is 7.35. The Morgan fingerprint density at radius 1 is 1.19 bits per heavy atom. The maximum absolute atomic E-state index is 12.3. The molecule has 7 heteroatoms. The molecular formula is C25H21Cl2N3OS. The standard InChI is InChI=1S/C25H21Cl2N3OS/c26-20-7-4-8-22(24(20)27)29-23(31)11-12-32-25-19(15-28)14-18-13-17(9-10-21(18)30-25)16-5-2-1-3-6-16/h1-8,14,17H,9-13H2,(H,29,31). The van der Waals surface area contributed by atoms with Crippen molar-refractivity contribution in [2.24, 2.45) is 0 Å². The average Bonchev–Trinajstić information content (AvgIpc) is 2.82. The number of rotatable bonds is 6. The number of nitrogens with one attached hydrogen (secondary N) is 1. The van der Waals surface area contributed by atoms with Crippen LogP contribution in [0.2, 0.25) is 10.0 Å². The molecule has 0 aliphatic heterocycles. The van der Waals surface area contributed by atoms with Crippen molar-refractivity contribution >= 4 is 46.6 Å². The first-order valence-electron chi connectivity index (χ1n) is 10.4. The zero-order chi connectivity index (χ0) is 22.5. The van der Waals surface area contributed by atoms with Crippen LogP contribution in [0.3, 0.4) is 0 Å². The van der Waals surface area contributed by atoms with E-state index in [1.54, 1.807) is 18.2 Å². The summed E-state index contributed by atoms with van der Waals surface area (Å²) in [6.45, 7) is 0. The lowest BCUT2D eigenvalue weighted by Crippen LogP contribution is -2.15. The van der Waals surface area contributed by atoms with Crippen molar-refractivity contribution in [2.45, 2.75) is 36.6 Å². The number of pyridine rings is 1. The fourth-order valence-electron chi connectivity index (χ4n) is 3.90. The molecule has 1 aliphatic rings. The van der Waals surface area contributed by atoms with Crippen molar-refractivity contribution in [3.63, 3.8) is 0 Å². The third-order valence-electron chi connectivity index (χ3n) is 5.54. The van der Waals surface area contributed by atoms with Crippen molar-refractivity contribution in [1.82, 2.24) is 4.98 Å². The molecule has 1 heterocycles. The van der Waals surface area contributed by atoms with Crippen LogP contribution < -0.4 is 5.32 Å². The van der Waals surface area contributed by atoms with Gasteiger partial charge in [-0.3, -0.25) is 4.79 Å². The molecule has 0 bridgehead atoms. The van der Waals surface area contributed by atoms with E-state index in [2.05, 4.69) is 35.7 Å². The lowest BCUT2D eigenvalue weighted by atomic mass is 9.82. The summed E-state index contributed by atoms with van der Waals surface area (Å²) in [6.07, 6.45) is 3.10. The Bertz CT molecular complexity index is 1180. The summed E-state index contributed by atoms with van der Waals surface area (Å²) >= 11 is 13.6. The highest BCUT2D eigenvalue weighted by Gasteiger charge is 2.23. The zero-order valence-corrected chi connectivity index (χ0v) is 19.6. The van der Waals surface area contributed by atoms with Gasteiger partial charge >= 0.3 is 0 Å². The van der Waals surface area contributed by atoms with Crippen molar-refractivity contribution < 1.29 is 4.79 Å². The molecule has 2 aromatic carbocycles. The van der Waals surface area contributed by atoms with Crippen LogP contribution in [0, 0.1) is 11.3 Å². The first-order chi connectivity index (χ1) is 15.5. The van der Waals surface area contributed by atoms with Gasteiger partial charge in [0.05, 0.1) is 21.3 Å². The van der Waals surface area contributed by atoms with Gasteiger partial charge in [-0.05, 0) is 54.5 Å². The third kappa shape index (κ3) is 5.27. The molecule has 0 radical (unpaired) electrons. The van der Waals surface area contributed by atoms with Crippen LogP contribution in [0.1, 0.15) is 41.1 Å². The van der Waals surface area contributed by atoms with Gasteiger partial charge in [-0.15, -0.1) is 11.8 Å². The van der Waals surface area contributed by atoms with E-state index >= 15 is 0 Å². The van der Waals surface area contributed by atoms with Crippen molar-refractivity contribution in [1.29, 1.82) is 5.26 Å². The van der Waals surface area contributed by atoms with Crippen LogP contribution >= 0.6 is 35.0 Å². The van der Waals surface area contributed by atoms with Gasteiger partial charge in [-0.1, -0.05) is 59.6 Å². The fraction of sp³-hybridized carbons (Fsp3) is 0.240. The van der Waals surface area contributed by atoms with Crippen LogP contribution in [0.25, 0.3) is 0 Å². The molecule has 0 spiro atoms. The smallest absolute Gasteiger partial charge is 0.225 e. The van der Waals surface area contributed by atoms with Crippen LogP contribution in [-0.4, -0.2) is 16.6 Å². The summed E-state index contributed by atoms with van der Waals surface area (Å²) in [5.41, 5.74) is 4.61. The van der Waals surface area contributed by atoms with Crippen molar-refractivity contribution in [2.75, 3.05) is 11.1 Å². The number of hydrogen-bond donors (Lipinski definition) is 1.